The molecule has 3 fully saturated rings. The van der Waals surface area contributed by atoms with Gasteiger partial charge in [0.05, 0.1) is 25.2 Å². The lowest BCUT2D eigenvalue weighted by Gasteiger charge is -2.52. The van der Waals surface area contributed by atoms with Gasteiger partial charge in [0.2, 0.25) is 21.8 Å². The van der Waals surface area contributed by atoms with E-state index in [1.807, 2.05) is 31.2 Å². The summed E-state index contributed by atoms with van der Waals surface area (Å²) in [5.74, 6) is 1.20. The molecule has 0 aromatic heterocycles. The van der Waals surface area contributed by atoms with Crippen molar-refractivity contribution in [2.75, 3.05) is 37.7 Å². The zero-order valence-electron chi connectivity index (χ0n) is 26.2. The van der Waals surface area contributed by atoms with Crippen molar-refractivity contribution in [3.8, 4) is 17.2 Å². The lowest BCUT2D eigenvalue weighted by atomic mass is 9.78. The molecule has 2 aromatic rings. The minimum absolute atomic E-state index is 0. The van der Waals surface area contributed by atoms with E-state index in [4.69, 9.17) is 9.47 Å². The number of methoxy groups -OCH3 is 1. The molecule has 2 amide bonds. The fourth-order valence-corrected chi connectivity index (χ4v) is 7.49. The van der Waals surface area contributed by atoms with Crippen LogP contribution in [0.4, 0.5) is 5.69 Å². The van der Waals surface area contributed by atoms with E-state index in [1.54, 1.807) is 23.1 Å². The Labute approximate surface area is 272 Å². The van der Waals surface area contributed by atoms with Gasteiger partial charge in [0.1, 0.15) is 17.3 Å². The maximum Gasteiger partial charge on any atom is 0.248 e. The number of likely N-dealkylation sites (tertiary alicyclic amines) is 1. The van der Waals surface area contributed by atoms with E-state index in [2.05, 4.69) is 14.9 Å². The second kappa shape index (κ2) is 14.6. The summed E-state index contributed by atoms with van der Waals surface area (Å²) in [6, 6.07) is 11.7. The first-order chi connectivity index (χ1) is 21.0. The average Bonchev–Trinajstić information content (AvgIpc) is 3.01. The second-order valence-corrected chi connectivity index (χ2v) is 14.0. The Kier molecular flexibility index (Phi) is 11.3. The minimum atomic E-state index is -3.41. The molecule has 2 aromatic carbocycles. The van der Waals surface area contributed by atoms with Crippen molar-refractivity contribution in [3.05, 3.63) is 48.0 Å². The molecular formula is C32H45ClN4O7S. The van der Waals surface area contributed by atoms with Gasteiger partial charge in [0.15, 0.2) is 11.5 Å². The van der Waals surface area contributed by atoms with Crippen molar-refractivity contribution < 1.29 is 32.6 Å². The van der Waals surface area contributed by atoms with Crippen molar-refractivity contribution in [2.45, 2.75) is 76.1 Å². The third-order valence-corrected chi connectivity index (χ3v) is 9.86. The molecule has 248 valence electrons. The van der Waals surface area contributed by atoms with Crippen LogP contribution in [0.5, 0.6) is 17.2 Å². The van der Waals surface area contributed by atoms with Crippen molar-refractivity contribution in [1.29, 1.82) is 0 Å². The Morgan fingerprint density at radius 2 is 1.71 bits per heavy atom. The highest BCUT2D eigenvalue weighted by molar-refractivity contribution is 7.92. The fourth-order valence-electron chi connectivity index (χ4n) is 6.93. The standard InChI is InChI=1S/C32H44N4O7S.ClH/c1-4-36-30(38)28(29(37)23-8-6-5-7-9-23)33-31(39)32(36)16-18-35(19-17-32)21-22-10-13-25(14-11-22)43-26-15-12-24(20-27(26)42-2)34-44(3,40)41;/h10-15,20,23,28-29,34,37H,4-9,16-19,21H2,1-3H3,(H,33,39);1H/t28-,29-;/m1./s1. The number of likely N-dealkylation sites (N-methyl/N-ethyl adjacent to an activating group) is 1. The monoisotopic (exact) mass is 664 g/mol. The first-order valence-corrected chi connectivity index (χ1v) is 17.4. The SMILES string of the molecule is CCN1C(=O)[C@@H]([C@H](O)C2CCCCC2)NC(=O)C12CCN(Cc1ccc(Oc3ccc(NS(C)(=O)=O)cc3OC)cc1)CC2.Cl. The summed E-state index contributed by atoms with van der Waals surface area (Å²) < 4.78 is 36.9. The molecule has 0 bridgehead atoms. The summed E-state index contributed by atoms with van der Waals surface area (Å²) >= 11 is 0. The molecular weight excluding hydrogens is 620 g/mol. The molecule has 5 rings (SSSR count). The number of piperazine rings is 1. The zero-order valence-corrected chi connectivity index (χ0v) is 27.8. The van der Waals surface area contributed by atoms with Gasteiger partial charge in [-0.25, -0.2) is 8.42 Å². The fraction of sp³-hybridized carbons (Fsp3) is 0.562. The number of nitrogens with one attached hydrogen (secondary N) is 2. The minimum Gasteiger partial charge on any atom is -0.493 e. The topological polar surface area (TPSA) is 138 Å². The van der Waals surface area contributed by atoms with Crippen molar-refractivity contribution in [1.82, 2.24) is 15.1 Å². The molecule has 3 aliphatic rings. The number of amides is 2. The molecule has 13 heteroatoms. The lowest BCUT2D eigenvalue weighted by Crippen LogP contribution is -2.74. The number of ether oxygens (including phenoxy) is 2. The van der Waals surface area contributed by atoms with Crippen LogP contribution in [0.2, 0.25) is 0 Å². The van der Waals surface area contributed by atoms with Crippen LogP contribution >= 0.6 is 12.4 Å². The number of halogens is 1. The van der Waals surface area contributed by atoms with Gasteiger partial charge in [-0.15, -0.1) is 12.4 Å². The number of benzene rings is 2. The number of hydrogen-bond acceptors (Lipinski definition) is 8. The predicted octanol–water partition coefficient (Wildman–Crippen LogP) is 3.90. The summed E-state index contributed by atoms with van der Waals surface area (Å²) in [5, 5.41) is 14.0. The molecule has 0 unspecified atom stereocenters. The van der Waals surface area contributed by atoms with Crippen molar-refractivity contribution in [3.63, 3.8) is 0 Å². The maximum atomic E-state index is 13.6. The Morgan fingerprint density at radius 1 is 1.04 bits per heavy atom. The van der Waals surface area contributed by atoms with Crippen LogP contribution < -0.4 is 19.5 Å². The number of aliphatic hydroxyl groups excluding tert-OH is 1. The van der Waals surface area contributed by atoms with Gasteiger partial charge in [0.25, 0.3) is 0 Å². The molecule has 1 aliphatic carbocycles. The van der Waals surface area contributed by atoms with E-state index in [1.165, 1.54) is 7.11 Å². The van der Waals surface area contributed by atoms with Crippen LogP contribution in [0.1, 0.15) is 57.4 Å². The third kappa shape index (κ3) is 7.85. The number of nitrogens with zero attached hydrogens (tertiary/aromatic N) is 2. The number of carbonyl (C=O) groups is 2. The number of hydrogen-bond donors (Lipinski definition) is 3. The van der Waals surface area contributed by atoms with Crippen LogP contribution in [-0.2, 0) is 26.2 Å². The van der Waals surface area contributed by atoms with E-state index in [0.29, 0.717) is 62.0 Å². The van der Waals surface area contributed by atoms with Crippen LogP contribution in [-0.4, -0.2) is 85.8 Å². The largest absolute Gasteiger partial charge is 0.493 e. The summed E-state index contributed by atoms with van der Waals surface area (Å²) in [4.78, 5) is 31.2. The van der Waals surface area contributed by atoms with Crippen LogP contribution in [0, 0.1) is 5.92 Å². The molecule has 2 aliphatic heterocycles. The van der Waals surface area contributed by atoms with Crippen molar-refractivity contribution >= 4 is 39.9 Å². The van der Waals surface area contributed by atoms with E-state index in [-0.39, 0.29) is 30.1 Å². The predicted molar refractivity (Wildman–Crippen MR) is 174 cm³/mol. The van der Waals surface area contributed by atoms with E-state index >= 15 is 0 Å². The van der Waals surface area contributed by atoms with Gasteiger partial charge in [0, 0.05) is 32.2 Å². The summed E-state index contributed by atoms with van der Waals surface area (Å²) in [5.41, 5.74) is 0.582. The summed E-state index contributed by atoms with van der Waals surface area (Å²) in [7, 11) is -1.92. The van der Waals surface area contributed by atoms with E-state index in [0.717, 1.165) is 43.9 Å². The van der Waals surface area contributed by atoms with Gasteiger partial charge < -0.3 is 24.8 Å². The number of anilines is 1. The zero-order chi connectivity index (χ0) is 31.5. The molecule has 45 heavy (non-hydrogen) atoms. The van der Waals surface area contributed by atoms with Crippen LogP contribution in [0.15, 0.2) is 42.5 Å². The molecule has 2 saturated heterocycles. The van der Waals surface area contributed by atoms with Crippen molar-refractivity contribution in [2.24, 2.45) is 5.92 Å². The Balaban J connectivity index is 0.00000461. The quantitative estimate of drug-likeness (QED) is 0.348. The maximum absolute atomic E-state index is 13.6. The number of rotatable bonds is 10. The highest BCUT2D eigenvalue weighted by Gasteiger charge is 2.54. The number of piperidine rings is 1. The molecule has 2 heterocycles. The first-order valence-electron chi connectivity index (χ1n) is 15.5. The first kappa shape index (κ1) is 34.8. The number of sulfonamides is 1. The number of carbonyl (C=O) groups excluding carboxylic acids is 2. The van der Waals surface area contributed by atoms with Gasteiger partial charge in [-0.2, -0.15) is 0 Å². The molecule has 3 N–H and O–H groups in total. The molecule has 0 radical (unpaired) electrons. The third-order valence-electron chi connectivity index (χ3n) is 9.26. The molecule has 1 spiro atoms. The highest BCUT2D eigenvalue weighted by Crippen LogP contribution is 2.37. The van der Waals surface area contributed by atoms with E-state index in [9.17, 15) is 23.1 Å². The van der Waals surface area contributed by atoms with Crippen LogP contribution in [0.25, 0.3) is 0 Å². The Hall–Kier alpha value is -3.06. The van der Waals surface area contributed by atoms with Gasteiger partial charge >= 0.3 is 0 Å². The summed E-state index contributed by atoms with van der Waals surface area (Å²) in [6.07, 6.45) is 6.37. The van der Waals surface area contributed by atoms with Gasteiger partial charge in [-0.1, -0.05) is 31.4 Å². The Morgan fingerprint density at radius 3 is 2.31 bits per heavy atom. The van der Waals surface area contributed by atoms with Gasteiger partial charge in [-0.05, 0) is 68.4 Å². The number of aliphatic hydroxyl groups is 1. The Bertz CT molecular complexity index is 1440. The van der Waals surface area contributed by atoms with E-state index < -0.39 is 27.7 Å². The molecule has 1 saturated carbocycles. The molecule has 11 nitrogen and oxygen atoms in total. The highest BCUT2D eigenvalue weighted by atomic mass is 35.5. The molecule has 2 atom stereocenters. The lowest BCUT2D eigenvalue weighted by molar-refractivity contribution is -0.165. The summed E-state index contributed by atoms with van der Waals surface area (Å²) in [6.45, 7) is 4.36. The average molecular weight is 665 g/mol. The van der Waals surface area contributed by atoms with Crippen LogP contribution in [0.3, 0.4) is 0 Å². The van der Waals surface area contributed by atoms with Gasteiger partial charge in [-0.3, -0.25) is 19.2 Å². The normalized spacial score (nSPS) is 21.5. The smallest absolute Gasteiger partial charge is 0.248 e. The second-order valence-electron chi connectivity index (χ2n) is 12.2.